The number of amidine groups is 1. The molecule has 0 aliphatic rings. The Morgan fingerprint density at radius 3 is 2.59 bits per heavy atom. The zero-order valence-corrected chi connectivity index (χ0v) is 17.2. The van der Waals surface area contributed by atoms with E-state index in [1.54, 1.807) is 6.92 Å². The Morgan fingerprint density at radius 1 is 1.25 bits per heavy atom. The third-order valence-electron chi connectivity index (χ3n) is 4.49. The van der Waals surface area contributed by atoms with Crippen LogP contribution in [0.4, 0.5) is 13.2 Å². The van der Waals surface area contributed by atoms with Gasteiger partial charge in [-0.1, -0.05) is 12.1 Å². The Labute approximate surface area is 181 Å². The fraction of sp³-hybridized carbons (Fsp3) is 0.333. The molecule has 1 amide bonds. The highest BCUT2D eigenvalue weighted by molar-refractivity contribution is 5.96. The first kappa shape index (κ1) is 24.6. The van der Waals surface area contributed by atoms with Gasteiger partial charge < -0.3 is 20.7 Å². The summed E-state index contributed by atoms with van der Waals surface area (Å²) in [7, 11) is 0. The molecule has 0 saturated heterocycles. The molecule has 0 spiro atoms. The van der Waals surface area contributed by atoms with Gasteiger partial charge in [-0.3, -0.25) is 14.6 Å². The standard InChI is InChI=1S/C21H23F3N4O4/c1-13(25)26-9-3-8-17(20(31)32)27-18(29)16-7-4-10-28(19(16)30)12-14-5-2-6-15(11-14)21(22,23)24/h2,4-7,10-11,17H,3,8-9,12H2,1H3,(H2,25,26)(H,27,29)(H,31,32). The normalized spacial score (nSPS) is 12.9. The Morgan fingerprint density at radius 2 is 1.97 bits per heavy atom. The number of aliphatic carboxylic acids is 1. The topological polar surface area (TPSA) is 127 Å². The number of benzene rings is 1. The van der Waals surface area contributed by atoms with Gasteiger partial charge in [-0.15, -0.1) is 0 Å². The number of nitrogens with one attached hydrogen (secondary N) is 1. The Kier molecular flexibility index (Phi) is 8.16. The van der Waals surface area contributed by atoms with Crippen LogP contribution in [-0.2, 0) is 17.5 Å². The van der Waals surface area contributed by atoms with E-state index in [1.807, 2.05) is 0 Å². The molecule has 1 heterocycles. The smallest absolute Gasteiger partial charge is 0.416 e. The van der Waals surface area contributed by atoms with Gasteiger partial charge in [-0.2, -0.15) is 13.2 Å². The molecule has 0 aliphatic carbocycles. The largest absolute Gasteiger partial charge is 0.480 e. The zero-order valence-electron chi connectivity index (χ0n) is 17.2. The van der Waals surface area contributed by atoms with Gasteiger partial charge in [0.2, 0.25) is 0 Å². The van der Waals surface area contributed by atoms with E-state index in [9.17, 15) is 32.7 Å². The quantitative estimate of drug-likeness (QED) is 0.306. The predicted octanol–water partition coefficient (Wildman–Crippen LogP) is 2.26. The van der Waals surface area contributed by atoms with Crippen molar-refractivity contribution < 1.29 is 27.9 Å². The number of carboxylic acids is 1. The van der Waals surface area contributed by atoms with Crippen LogP contribution in [0.15, 0.2) is 52.4 Å². The van der Waals surface area contributed by atoms with E-state index in [1.165, 1.54) is 30.5 Å². The summed E-state index contributed by atoms with van der Waals surface area (Å²) in [4.78, 5) is 40.6. The summed E-state index contributed by atoms with van der Waals surface area (Å²) >= 11 is 0. The maximum absolute atomic E-state index is 12.9. The molecule has 0 saturated carbocycles. The van der Waals surface area contributed by atoms with Gasteiger partial charge >= 0.3 is 12.1 Å². The van der Waals surface area contributed by atoms with Gasteiger partial charge in [0.1, 0.15) is 11.6 Å². The van der Waals surface area contributed by atoms with E-state index >= 15 is 0 Å². The molecule has 2 aromatic rings. The molecule has 11 heteroatoms. The molecule has 2 rings (SSSR count). The summed E-state index contributed by atoms with van der Waals surface area (Å²) in [5.74, 6) is -1.81. The number of amides is 1. The third kappa shape index (κ3) is 6.96. The van der Waals surface area contributed by atoms with Crippen LogP contribution in [0.3, 0.4) is 0 Å². The molecule has 172 valence electrons. The number of pyridine rings is 1. The number of carbonyl (C=O) groups excluding carboxylic acids is 1. The second kappa shape index (κ2) is 10.6. The molecule has 0 aliphatic heterocycles. The molecule has 0 radical (unpaired) electrons. The number of halogens is 3. The molecule has 32 heavy (non-hydrogen) atoms. The van der Waals surface area contributed by atoms with E-state index in [2.05, 4.69) is 10.3 Å². The van der Waals surface area contributed by atoms with E-state index in [-0.39, 0.29) is 30.6 Å². The Balaban J connectivity index is 2.17. The highest BCUT2D eigenvalue weighted by atomic mass is 19.4. The first-order valence-corrected chi connectivity index (χ1v) is 9.65. The fourth-order valence-electron chi connectivity index (χ4n) is 2.92. The number of nitrogens with zero attached hydrogens (tertiary/aromatic N) is 2. The van der Waals surface area contributed by atoms with Crippen molar-refractivity contribution in [2.24, 2.45) is 10.7 Å². The Bertz CT molecular complexity index is 1060. The van der Waals surface area contributed by atoms with Crippen LogP contribution in [0.25, 0.3) is 0 Å². The second-order valence-electron chi connectivity index (χ2n) is 7.08. The van der Waals surface area contributed by atoms with Gasteiger partial charge in [0.05, 0.1) is 17.9 Å². The number of hydrogen-bond acceptors (Lipinski definition) is 4. The monoisotopic (exact) mass is 452 g/mol. The van der Waals surface area contributed by atoms with Gasteiger partial charge in [-0.25, -0.2) is 4.79 Å². The van der Waals surface area contributed by atoms with Gasteiger partial charge in [0, 0.05) is 12.7 Å². The van der Waals surface area contributed by atoms with Crippen LogP contribution in [-0.4, -0.2) is 40.0 Å². The van der Waals surface area contributed by atoms with E-state index in [4.69, 9.17) is 5.73 Å². The number of carboxylic acid groups (broad SMARTS) is 1. The van der Waals surface area contributed by atoms with Crippen molar-refractivity contribution in [3.8, 4) is 0 Å². The number of rotatable bonds is 9. The molecule has 0 bridgehead atoms. The van der Waals surface area contributed by atoms with E-state index in [0.717, 1.165) is 16.7 Å². The minimum absolute atomic E-state index is 0.0725. The number of aromatic nitrogens is 1. The molecule has 8 nitrogen and oxygen atoms in total. The lowest BCUT2D eigenvalue weighted by Crippen LogP contribution is -2.43. The highest BCUT2D eigenvalue weighted by Gasteiger charge is 2.30. The molecule has 1 atom stereocenters. The van der Waals surface area contributed by atoms with Crippen molar-refractivity contribution in [3.63, 3.8) is 0 Å². The highest BCUT2D eigenvalue weighted by Crippen LogP contribution is 2.29. The predicted molar refractivity (Wildman–Crippen MR) is 112 cm³/mol. The lowest BCUT2D eigenvalue weighted by atomic mass is 10.1. The summed E-state index contributed by atoms with van der Waals surface area (Å²) in [6.07, 6.45) is -2.77. The summed E-state index contributed by atoms with van der Waals surface area (Å²) in [5.41, 5.74) is 3.71. The van der Waals surface area contributed by atoms with Crippen molar-refractivity contribution in [1.29, 1.82) is 0 Å². The van der Waals surface area contributed by atoms with Gasteiger partial charge in [0.25, 0.3) is 11.5 Å². The fourth-order valence-corrected chi connectivity index (χ4v) is 2.92. The van der Waals surface area contributed by atoms with Crippen LogP contribution >= 0.6 is 0 Å². The van der Waals surface area contributed by atoms with Crippen molar-refractivity contribution in [1.82, 2.24) is 9.88 Å². The molecular weight excluding hydrogens is 429 g/mol. The first-order valence-electron chi connectivity index (χ1n) is 9.65. The number of nitrogens with two attached hydrogens (primary N) is 1. The number of carbonyl (C=O) groups is 2. The van der Waals surface area contributed by atoms with Crippen LogP contribution in [0.1, 0.15) is 41.3 Å². The zero-order chi connectivity index (χ0) is 23.9. The van der Waals surface area contributed by atoms with Crippen LogP contribution in [0.2, 0.25) is 0 Å². The number of hydrogen-bond donors (Lipinski definition) is 3. The van der Waals surface area contributed by atoms with E-state index < -0.39 is 35.2 Å². The summed E-state index contributed by atoms with van der Waals surface area (Å²) in [6.45, 7) is 1.69. The minimum Gasteiger partial charge on any atom is -0.480 e. The molecule has 4 N–H and O–H groups in total. The average molecular weight is 452 g/mol. The van der Waals surface area contributed by atoms with Crippen LogP contribution < -0.4 is 16.6 Å². The summed E-state index contributed by atoms with van der Waals surface area (Å²) in [6, 6.07) is 5.87. The summed E-state index contributed by atoms with van der Waals surface area (Å²) < 4.78 is 39.8. The molecule has 1 aromatic carbocycles. The SMILES string of the molecule is CC(N)=NCCCC(NC(=O)c1cccn(Cc2cccc(C(F)(F)F)c2)c1=O)C(=O)O. The molecule has 0 fully saturated rings. The van der Waals surface area contributed by atoms with Gasteiger partial charge in [-0.05, 0) is 49.6 Å². The van der Waals surface area contributed by atoms with Crippen molar-refractivity contribution >= 4 is 17.7 Å². The lowest BCUT2D eigenvalue weighted by molar-refractivity contribution is -0.139. The van der Waals surface area contributed by atoms with Gasteiger partial charge in [0.15, 0.2) is 0 Å². The maximum atomic E-state index is 12.9. The van der Waals surface area contributed by atoms with Crippen molar-refractivity contribution in [2.45, 2.75) is 38.5 Å². The van der Waals surface area contributed by atoms with Crippen LogP contribution in [0, 0.1) is 0 Å². The molecule has 1 unspecified atom stereocenters. The number of alkyl halides is 3. The average Bonchev–Trinajstić information content (AvgIpc) is 2.71. The lowest BCUT2D eigenvalue weighted by Gasteiger charge is -2.15. The van der Waals surface area contributed by atoms with Crippen LogP contribution in [0.5, 0.6) is 0 Å². The van der Waals surface area contributed by atoms with Crippen molar-refractivity contribution in [2.75, 3.05) is 6.54 Å². The molecular formula is C21H23F3N4O4. The maximum Gasteiger partial charge on any atom is 0.416 e. The number of aliphatic imine (C=N–C) groups is 1. The van der Waals surface area contributed by atoms with E-state index in [0.29, 0.717) is 12.3 Å². The second-order valence-corrected chi connectivity index (χ2v) is 7.08. The summed E-state index contributed by atoms with van der Waals surface area (Å²) in [5, 5.41) is 11.6. The minimum atomic E-state index is -4.53. The Hall–Kier alpha value is -3.63. The first-order chi connectivity index (χ1) is 15.0. The third-order valence-corrected chi connectivity index (χ3v) is 4.49. The van der Waals surface area contributed by atoms with Crippen molar-refractivity contribution in [3.05, 3.63) is 69.6 Å². The molecule has 1 aromatic heterocycles.